The number of hydrogen-bond acceptors (Lipinski definition) is 3. The Morgan fingerprint density at radius 3 is 2.81 bits per heavy atom. The number of benzene rings is 1. The summed E-state index contributed by atoms with van der Waals surface area (Å²) in [5.41, 5.74) is 7.41. The molecule has 1 rings (SSSR count). The number of nitrogens with one attached hydrogen (secondary N) is 1. The van der Waals surface area contributed by atoms with E-state index in [1.54, 1.807) is 11.8 Å². The van der Waals surface area contributed by atoms with E-state index in [0.29, 0.717) is 5.92 Å². The molecule has 4 heteroatoms. The SMILES string of the molecule is CC(CO)CSCc1ccccc1C(=N)N. The molecule has 0 spiro atoms. The molecule has 4 N–H and O–H groups in total. The zero-order chi connectivity index (χ0) is 12.0. The molecule has 88 valence electrons. The zero-order valence-corrected chi connectivity index (χ0v) is 10.3. The molecule has 0 radical (unpaired) electrons. The van der Waals surface area contributed by atoms with Crippen molar-refractivity contribution in [3.8, 4) is 0 Å². The van der Waals surface area contributed by atoms with Gasteiger partial charge >= 0.3 is 0 Å². The van der Waals surface area contributed by atoms with Gasteiger partial charge in [0.25, 0.3) is 0 Å². The zero-order valence-electron chi connectivity index (χ0n) is 9.44. The van der Waals surface area contributed by atoms with Gasteiger partial charge in [-0.3, -0.25) is 5.41 Å². The third-order valence-corrected chi connectivity index (χ3v) is 3.60. The molecule has 0 heterocycles. The van der Waals surface area contributed by atoms with E-state index < -0.39 is 0 Å². The Bertz CT molecular complexity index is 355. The standard InChI is InChI=1S/C12H18N2OS/c1-9(6-15)7-16-8-10-4-2-3-5-11(10)12(13)14/h2-5,9,15H,6-8H2,1H3,(H3,13,14). The molecule has 0 aliphatic rings. The summed E-state index contributed by atoms with van der Waals surface area (Å²) in [5, 5.41) is 16.4. The molecule has 0 bridgehead atoms. The molecular weight excluding hydrogens is 220 g/mol. The minimum atomic E-state index is 0.117. The molecule has 1 atom stereocenters. The smallest absolute Gasteiger partial charge is 0.123 e. The fourth-order valence-electron chi connectivity index (χ4n) is 1.33. The summed E-state index contributed by atoms with van der Waals surface area (Å²) in [4.78, 5) is 0. The van der Waals surface area contributed by atoms with E-state index in [0.717, 1.165) is 22.6 Å². The van der Waals surface area contributed by atoms with Crippen LogP contribution in [0.2, 0.25) is 0 Å². The lowest BCUT2D eigenvalue weighted by Crippen LogP contribution is -2.13. The minimum absolute atomic E-state index is 0.117. The van der Waals surface area contributed by atoms with Crippen LogP contribution >= 0.6 is 11.8 Å². The molecule has 1 aromatic carbocycles. The van der Waals surface area contributed by atoms with Crippen molar-refractivity contribution in [2.75, 3.05) is 12.4 Å². The average molecular weight is 238 g/mol. The quantitative estimate of drug-likeness (QED) is 0.523. The van der Waals surface area contributed by atoms with Gasteiger partial charge in [-0.05, 0) is 17.2 Å². The summed E-state index contributed by atoms with van der Waals surface area (Å²) in [7, 11) is 0. The van der Waals surface area contributed by atoms with Crippen LogP contribution in [-0.2, 0) is 5.75 Å². The first-order chi connectivity index (χ1) is 7.65. The predicted molar refractivity (Wildman–Crippen MR) is 69.9 cm³/mol. The van der Waals surface area contributed by atoms with Gasteiger partial charge in [0.2, 0.25) is 0 Å². The third-order valence-electron chi connectivity index (χ3n) is 2.28. The van der Waals surface area contributed by atoms with Crippen LogP contribution in [-0.4, -0.2) is 23.3 Å². The predicted octanol–water partition coefficient (Wildman–Crippen LogP) is 1.83. The van der Waals surface area contributed by atoms with Crippen LogP contribution in [0.4, 0.5) is 0 Å². The van der Waals surface area contributed by atoms with Crippen LogP contribution in [0, 0.1) is 11.3 Å². The molecular formula is C12H18N2OS. The fraction of sp³-hybridized carbons (Fsp3) is 0.417. The second-order valence-electron chi connectivity index (χ2n) is 3.87. The normalized spacial score (nSPS) is 12.4. The van der Waals surface area contributed by atoms with Gasteiger partial charge in [0, 0.05) is 17.9 Å². The molecule has 0 aromatic heterocycles. The fourth-order valence-corrected chi connectivity index (χ4v) is 2.43. The number of thioether (sulfide) groups is 1. The summed E-state index contributed by atoms with van der Waals surface area (Å²) >= 11 is 1.76. The van der Waals surface area contributed by atoms with Crippen molar-refractivity contribution in [1.29, 1.82) is 5.41 Å². The highest BCUT2D eigenvalue weighted by Gasteiger charge is 2.05. The van der Waals surface area contributed by atoms with Gasteiger partial charge in [0.05, 0.1) is 0 Å². The van der Waals surface area contributed by atoms with E-state index in [-0.39, 0.29) is 12.4 Å². The van der Waals surface area contributed by atoms with Crippen molar-refractivity contribution in [2.45, 2.75) is 12.7 Å². The summed E-state index contributed by atoms with van der Waals surface area (Å²) in [5.74, 6) is 2.18. The van der Waals surface area contributed by atoms with Crippen LogP contribution in [0.25, 0.3) is 0 Å². The number of aliphatic hydroxyl groups excluding tert-OH is 1. The maximum atomic E-state index is 8.91. The number of hydrogen-bond donors (Lipinski definition) is 3. The van der Waals surface area contributed by atoms with E-state index in [1.807, 2.05) is 31.2 Å². The van der Waals surface area contributed by atoms with E-state index in [2.05, 4.69) is 0 Å². The molecule has 0 saturated heterocycles. The van der Waals surface area contributed by atoms with E-state index in [4.69, 9.17) is 16.2 Å². The molecule has 1 unspecified atom stereocenters. The van der Waals surface area contributed by atoms with Gasteiger partial charge in [-0.25, -0.2) is 0 Å². The first kappa shape index (κ1) is 13.1. The number of aliphatic hydroxyl groups is 1. The van der Waals surface area contributed by atoms with E-state index >= 15 is 0 Å². The number of nitrogens with two attached hydrogens (primary N) is 1. The van der Waals surface area contributed by atoms with Crippen molar-refractivity contribution in [1.82, 2.24) is 0 Å². The third kappa shape index (κ3) is 3.87. The Balaban J connectivity index is 2.56. The van der Waals surface area contributed by atoms with Crippen LogP contribution in [0.15, 0.2) is 24.3 Å². The molecule has 0 saturated carbocycles. The van der Waals surface area contributed by atoms with Crippen molar-refractivity contribution in [2.24, 2.45) is 11.7 Å². The molecule has 0 amide bonds. The highest BCUT2D eigenvalue weighted by atomic mass is 32.2. The highest BCUT2D eigenvalue weighted by molar-refractivity contribution is 7.98. The Labute approximate surface area is 101 Å². The van der Waals surface area contributed by atoms with Gasteiger partial charge in [0.1, 0.15) is 5.84 Å². The summed E-state index contributed by atoms with van der Waals surface area (Å²) in [6.45, 7) is 2.24. The van der Waals surface area contributed by atoms with Crippen LogP contribution < -0.4 is 5.73 Å². The molecule has 0 aliphatic carbocycles. The second-order valence-corrected chi connectivity index (χ2v) is 4.90. The van der Waals surface area contributed by atoms with E-state index in [9.17, 15) is 0 Å². The highest BCUT2D eigenvalue weighted by Crippen LogP contribution is 2.18. The van der Waals surface area contributed by atoms with Crippen molar-refractivity contribution in [3.05, 3.63) is 35.4 Å². The monoisotopic (exact) mass is 238 g/mol. The average Bonchev–Trinajstić information content (AvgIpc) is 2.29. The van der Waals surface area contributed by atoms with Gasteiger partial charge in [-0.2, -0.15) is 11.8 Å². The molecule has 0 aliphatic heterocycles. The summed E-state index contributed by atoms with van der Waals surface area (Å²) in [6, 6.07) is 7.71. The van der Waals surface area contributed by atoms with Gasteiger partial charge in [0.15, 0.2) is 0 Å². The summed E-state index contributed by atoms with van der Waals surface area (Å²) < 4.78 is 0. The number of nitrogen functional groups attached to an aromatic ring is 1. The minimum Gasteiger partial charge on any atom is -0.396 e. The van der Waals surface area contributed by atoms with Gasteiger partial charge < -0.3 is 10.8 Å². The van der Waals surface area contributed by atoms with Gasteiger partial charge in [-0.15, -0.1) is 0 Å². The topological polar surface area (TPSA) is 70.1 Å². The van der Waals surface area contributed by atoms with Crippen LogP contribution in [0.1, 0.15) is 18.1 Å². The van der Waals surface area contributed by atoms with Crippen LogP contribution in [0.5, 0.6) is 0 Å². The number of rotatable bonds is 6. The lowest BCUT2D eigenvalue weighted by atomic mass is 10.1. The lowest BCUT2D eigenvalue weighted by molar-refractivity contribution is 0.250. The number of amidine groups is 1. The Hall–Kier alpha value is -1.00. The van der Waals surface area contributed by atoms with Crippen molar-refractivity contribution < 1.29 is 5.11 Å². The first-order valence-corrected chi connectivity index (χ1v) is 6.41. The molecule has 1 aromatic rings. The van der Waals surface area contributed by atoms with Gasteiger partial charge in [-0.1, -0.05) is 31.2 Å². The van der Waals surface area contributed by atoms with Crippen molar-refractivity contribution >= 4 is 17.6 Å². The Kier molecular flexibility index (Phi) is 5.35. The summed E-state index contributed by atoms with van der Waals surface area (Å²) in [6.07, 6.45) is 0. The first-order valence-electron chi connectivity index (χ1n) is 5.26. The molecule has 0 fully saturated rings. The Morgan fingerprint density at radius 1 is 1.50 bits per heavy atom. The molecule has 16 heavy (non-hydrogen) atoms. The lowest BCUT2D eigenvalue weighted by Gasteiger charge is -2.10. The maximum Gasteiger partial charge on any atom is 0.123 e. The van der Waals surface area contributed by atoms with E-state index in [1.165, 1.54) is 0 Å². The van der Waals surface area contributed by atoms with Crippen LogP contribution in [0.3, 0.4) is 0 Å². The largest absolute Gasteiger partial charge is 0.396 e. The van der Waals surface area contributed by atoms with Crippen molar-refractivity contribution in [3.63, 3.8) is 0 Å². The second kappa shape index (κ2) is 6.55. The maximum absolute atomic E-state index is 8.91. The Morgan fingerprint density at radius 2 is 2.19 bits per heavy atom. The molecule has 3 nitrogen and oxygen atoms in total.